The van der Waals surface area contributed by atoms with Crippen LogP contribution in [0.2, 0.25) is 0 Å². The van der Waals surface area contributed by atoms with Crippen LogP contribution in [-0.4, -0.2) is 17.6 Å². The zero-order chi connectivity index (χ0) is 13.2. The Kier molecular flexibility index (Phi) is 3.66. The van der Waals surface area contributed by atoms with E-state index >= 15 is 0 Å². The van der Waals surface area contributed by atoms with Gasteiger partial charge in [-0.3, -0.25) is 0 Å². The van der Waals surface area contributed by atoms with E-state index in [2.05, 4.69) is 26.2 Å². The van der Waals surface area contributed by atoms with Crippen LogP contribution in [0.5, 0.6) is 0 Å². The Hall–Kier alpha value is -1.20. The van der Waals surface area contributed by atoms with Gasteiger partial charge in [-0.25, -0.2) is 9.37 Å². The van der Waals surface area contributed by atoms with Crippen LogP contribution in [0.3, 0.4) is 0 Å². The molecule has 1 aliphatic rings. The summed E-state index contributed by atoms with van der Waals surface area (Å²) in [5, 5.41) is 3.41. The lowest BCUT2D eigenvalue weighted by Gasteiger charge is -2.01. The summed E-state index contributed by atoms with van der Waals surface area (Å²) in [6, 6.07) is 5.56. The van der Waals surface area contributed by atoms with Gasteiger partial charge in [0.25, 0.3) is 0 Å². The van der Waals surface area contributed by atoms with Crippen molar-refractivity contribution in [1.29, 1.82) is 0 Å². The summed E-state index contributed by atoms with van der Waals surface area (Å²) in [6.07, 6.45) is 4.94. The van der Waals surface area contributed by atoms with E-state index in [0.29, 0.717) is 27.7 Å². The number of nitrogens with one attached hydrogen (secondary N) is 1. The summed E-state index contributed by atoms with van der Waals surface area (Å²) in [6.45, 7) is 0.870. The van der Waals surface area contributed by atoms with Gasteiger partial charge in [-0.2, -0.15) is 0 Å². The Morgan fingerprint density at radius 2 is 2.26 bits per heavy atom. The molecule has 1 N–H and O–H groups in total. The summed E-state index contributed by atoms with van der Waals surface area (Å²) in [7, 11) is 0. The second kappa shape index (κ2) is 5.43. The predicted molar refractivity (Wildman–Crippen MR) is 74.3 cm³/mol. The molecule has 1 heterocycles. The molecule has 0 bridgehead atoms. The standard InChI is InChI=1S/C14H14BrFN2O/c15-14-10(2-1-3-11(14)16)12-8-18-13(19-12)6-7-17-9-4-5-9/h1-3,8-9,17H,4-7H2. The molecule has 5 heteroatoms. The third-order valence-electron chi connectivity index (χ3n) is 3.12. The lowest BCUT2D eigenvalue weighted by Crippen LogP contribution is -2.19. The largest absolute Gasteiger partial charge is 0.441 e. The van der Waals surface area contributed by atoms with Crippen LogP contribution in [0.15, 0.2) is 33.3 Å². The van der Waals surface area contributed by atoms with Gasteiger partial charge in [-0.15, -0.1) is 0 Å². The molecule has 1 saturated carbocycles. The van der Waals surface area contributed by atoms with Gasteiger partial charge in [0.05, 0.1) is 10.7 Å². The molecule has 3 rings (SSSR count). The minimum Gasteiger partial charge on any atom is -0.441 e. The van der Waals surface area contributed by atoms with E-state index in [4.69, 9.17) is 4.42 Å². The first kappa shape index (κ1) is 12.8. The van der Waals surface area contributed by atoms with Gasteiger partial charge in [-0.1, -0.05) is 6.07 Å². The summed E-state index contributed by atoms with van der Waals surface area (Å²) in [4.78, 5) is 4.23. The molecule has 3 nitrogen and oxygen atoms in total. The summed E-state index contributed by atoms with van der Waals surface area (Å²) in [5.41, 5.74) is 0.689. The van der Waals surface area contributed by atoms with Crippen LogP contribution in [0.1, 0.15) is 18.7 Å². The van der Waals surface area contributed by atoms with Crippen molar-refractivity contribution in [2.75, 3.05) is 6.54 Å². The van der Waals surface area contributed by atoms with Crippen molar-refractivity contribution < 1.29 is 8.81 Å². The van der Waals surface area contributed by atoms with E-state index in [-0.39, 0.29) is 5.82 Å². The second-order valence-corrected chi connectivity index (χ2v) is 5.49. The van der Waals surface area contributed by atoms with Crippen LogP contribution in [0.25, 0.3) is 11.3 Å². The second-order valence-electron chi connectivity index (χ2n) is 4.70. The monoisotopic (exact) mass is 324 g/mol. The maximum absolute atomic E-state index is 13.5. The first-order valence-corrected chi connectivity index (χ1v) is 7.16. The highest BCUT2D eigenvalue weighted by atomic mass is 79.9. The first-order chi connectivity index (χ1) is 9.24. The quantitative estimate of drug-likeness (QED) is 0.914. The SMILES string of the molecule is Fc1cccc(-c2cnc(CCNC3CC3)o2)c1Br. The van der Waals surface area contributed by atoms with Crippen LogP contribution >= 0.6 is 15.9 Å². The fourth-order valence-corrected chi connectivity index (χ4v) is 2.37. The number of halogens is 2. The van der Waals surface area contributed by atoms with Gasteiger partial charge in [-0.05, 0) is 40.9 Å². The fraction of sp³-hybridized carbons (Fsp3) is 0.357. The van der Waals surface area contributed by atoms with Crippen molar-refractivity contribution in [2.45, 2.75) is 25.3 Å². The van der Waals surface area contributed by atoms with Gasteiger partial charge in [0.1, 0.15) is 5.82 Å². The molecule has 0 radical (unpaired) electrons. The molecule has 1 fully saturated rings. The topological polar surface area (TPSA) is 38.1 Å². The molecule has 0 saturated heterocycles. The molecule has 100 valence electrons. The van der Waals surface area contributed by atoms with Crippen molar-refractivity contribution in [3.05, 3.63) is 40.6 Å². The van der Waals surface area contributed by atoms with Crippen molar-refractivity contribution in [2.24, 2.45) is 0 Å². The van der Waals surface area contributed by atoms with Gasteiger partial charge >= 0.3 is 0 Å². The molecular formula is C14H14BrFN2O. The number of hydrogen-bond donors (Lipinski definition) is 1. The molecule has 1 aliphatic carbocycles. The molecule has 0 aliphatic heterocycles. The predicted octanol–water partition coefficient (Wildman–Crippen LogP) is 3.54. The van der Waals surface area contributed by atoms with E-state index in [1.807, 2.05) is 0 Å². The normalized spacial score (nSPS) is 14.8. The molecular weight excluding hydrogens is 311 g/mol. The molecule has 0 atom stereocenters. The van der Waals surface area contributed by atoms with E-state index in [1.54, 1.807) is 18.3 Å². The Bertz CT molecular complexity index is 581. The average molecular weight is 325 g/mol. The number of aromatic nitrogens is 1. The minimum absolute atomic E-state index is 0.300. The molecule has 2 aromatic rings. The maximum Gasteiger partial charge on any atom is 0.196 e. The highest BCUT2D eigenvalue weighted by Gasteiger charge is 2.20. The molecule has 19 heavy (non-hydrogen) atoms. The van der Waals surface area contributed by atoms with Crippen molar-refractivity contribution in [3.63, 3.8) is 0 Å². The molecule has 0 amide bonds. The third-order valence-corrected chi connectivity index (χ3v) is 3.93. The number of hydrogen-bond acceptors (Lipinski definition) is 3. The highest BCUT2D eigenvalue weighted by Crippen LogP contribution is 2.30. The molecule has 1 aromatic carbocycles. The fourth-order valence-electron chi connectivity index (χ4n) is 1.92. The summed E-state index contributed by atoms with van der Waals surface area (Å²) < 4.78 is 19.5. The van der Waals surface area contributed by atoms with Gasteiger partial charge in [0.2, 0.25) is 0 Å². The summed E-state index contributed by atoms with van der Waals surface area (Å²) in [5.74, 6) is 0.970. The van der Waals surface area contributed by atoms with Crippen LogP contribution in [0.4, 0.5) is 4.39 Å². The van der Waals surface area contributed by atoms with Crippen LogP contribution < -0.4 is 5.32 Å². The molecule has 1 aromatic heterocycles. The lowest BCUT2D eigenvalue weighted by molar-refractivity contribution is 0.494. The Labute approximate surface area is 119 Å². The third kappa shape index (κ3) is 3.04. The van der Waals surface area contributed by atoms with E-state index in [0.717, 1.165) is 13.0 Å². The van der Waals surface area contributed by atoms with Crippen LogP contribution in [0, 0.1) is 5.82 Å². The van der Waals surface area contributed by atoms with E-state index in [1.165, 1.54) is 18.9 Å². The average Bonchev–Trinajstić information content (AvgIpc) is 3.10. The van der Waals surface area contributed by atoms with Gasteiger partial charge in [0, 0.05) is 24.6 Å². The first-order valence-electron chi connectivity index (χ1n) is 6.36. The number of nitrogens with zero attached hydrogens (tertiary/aromatic N) is 1. The Balaban J connectivity index is 1.70. The van der Waals surface area contributed by atoms with E-state index < -0.39 is 0 Å². The van der Waals surface area contributed by atoms with Crippen molar-refractivity contribution in [1.82, 2.24) is 10.3 Å². The lowest BCUT2D eigenvalue weighted by atomic mass is 10.2. The maximum atomic E-state index is 13.5. The van der Waals surface area contributed by atoms with Crippen LogP contribution in [-0.2, 0) is 6.42 Å². The number of rotatable bonds is 5. The summed E-state index contributed by atoms with van der Waals surface area (Å²) >= 11 is 3.23. The van der Waals surface area contributed by atoms with Crippen molar-refractivity contribution in [3.8, 4) is 11.3 Å². The number of benzene rings is 1. The highest BCUT2D eigenvalue weighted by molar-refractivity contribution is 9.10. The van der Waals surface area contributed by atoms with Gasteiger partial charge in [0.15, 0.2) is 11.7 Å². The molecule has 0 unspecified atom stereocenters. The van der Waals surface area contributed by atoms with Gasteiger partial charge < -0.3 is 9.73 Å². The van der Waals surface area contributed by atoms with E-state index in [9.17, 15) is 4.39 Å². The number of oxazole rings is 1. The Morgan fingerprint density at radius 1 is 1.42 bits per heavy atom. The minimum atomic E-state index is -0.300. The van der Waals surface area contributed by atoms with Crippen molar-refractivity contribution >= 4 is 15.9 Å². The zero-order valence-electron chi connectivity index (χ0n) is 10.3. The zero-order valence-corrected chi connectivity index (χ0v) is 11.9. The molecule has 0 spiro atoms. The smallest absolute Gasteiger partial charge is 0.196 e. The Morgan fingerprint density at radius 3 is 3.05 bits per heavy atom.